The van der Waals surface area contributed by atoms with Crippen LogP contribution in [0.5, 0.6) is 0 Å². The Bertz CT molecular complexity index is 378. The SMILES string of the molecule is Cn1cccc1C(=O)NCCCN=[N+]=[N-]. The second kappa shape index (κ2) is 5.72. The molecule has 0 aliphatic rings. The molecule has 0 aromatic carbocycles. The zero-order chi connectivity index (χ0) is 11.1. The standard InChI is InChI=1S/C9H13N5O/c1-14-7-2-4-8(14)9(15)11-5-3-6-12-13-10/h2,4,7H,3,5-6H2,1H3,(H,11,15). The smallest absolute Gasteiger partial charge is 0.267 e. The summed E-state index contributed by atoms with van der Waals surface area (Å²) in [6, 6.07) is 3.57. The Kier molecular flexibility index (Phi) is 4.25. The third-order valence-corrected chi connectivity index (χ3v) is 1.96. The second-order valence-electron chi connectivity index (χ2n) is 3.07. The summed E-state index contributed by atoms with van der Waals surface area (Å²) in [5, 5.41) is 6.11. The van der Waals surface area contributed by atoms with Gasteiger partial charge in [-0.2, -0.15) is 0 Å². The molecule has 1 heterocycles. The van der Waals surface area contributed by atoms with E-state index >= 15 is 0 Å². The predicted molar refractivity (Wildman–Crippen MR) is 56.4 cm³/mol. The number of carbonyl (C=O) groups is 1. The monoisotopic (exact) mass is 207 g/mol. The topological polar surface area (TPSA) is 82.8 Å². The van der Waals surface area contributed by atoms with E-state index in [0.717, 1.165) is 0 Å². The van der Waals surface area contributed by atoms with Crippen molar-refractivity contribution >= 4 is 5.91 Å². The number of nitrogens with zero attached hydrogens (tertiary/aromatic N) is 4. The van der Waals surface area contributed by atoms with Crippen molar-refractivity contribution in [3.63, 3.8) is 0 Å². The number of hydrogen-bond donors (Lipinski definition) is 1. The molecule has 1 N–H and O–H groups in total. The van der Waals surface area contributed by atoms with Crippen molar-refractivity contribution < 1.29 is 4.79 Å². The van der Waals surface area contributed by atoms with Gasteiger partial charge in [0, 0.05) is 31.2 Å². The van der Waals surface area contributed by atoms with Crippen LogP contribution in [-0.4, -0.2) is 23.6 Å². The third-order valence-electron chi connectivity index (χ3n) is 1.96. The van der Waals surface area contributed by atoms with Crippen LogP contribution in [0.1, 0.15) is 16.9 Å². The van der Waals surface area contributed by atoms with E-state index in [1.807, 2.05) is 19.3 Å². The molecule has 1 amide bonds. The molecule has 0 fully saturated rings. The van der Waals surface area contributed by atoms with E-state index in [0.29, 0.717) is 25.2 Å². The third kappa shape index (κ3) is 3.36. The van der Waals surface area contributed by atoms with Crippen LogP contribution < -0.4 is 5.32 Å². The van der Waals surface area contributed by atoms with E-state index in [1.54, 1.807) is 10.6 Å². The lowest BCUT2D eigenvalue weighted by Crippen LogP contribution is -2.26. The van der Waals surface area contributed by atoms with Crippen LogP contribution in [0.3, 0.4) is 0 Å². The predicted octanol–water partition coefficient (Wildman–Crippen LogP) is 1.46. The van der Waals surface area contributed by atoms with Crippen molar-refractivity contribution in [1.82, 2.24) is 9.88 Å². The second-order valence-corrected chi connectivity index (χ2v) is 3.07. The Hall–Kier alpha value is -1.94. The van der Waals surface area contributed by atoms with Crippen LogP contribution in [0.25, 0.3) is 10.4 Å². The average Bonchev–Trinajstić information content (AvgIpc) is 2.64. The van der Waals surface area contributed by atoms with Gasteiger partial charge in [-0.15, -0.1) is 0 Å². The molecule has 0 bridgehead atoms. The molecule has 1 rings (SSSR count). The number of nitrogens with one attached hydrogen (secondary N) is 1. The lowest BCUT2D eigenvalue weighted by atomic mass is 10.3. The number of rotatable bonds is 5. The van der Waals surface area contributed by atoms with Crippen LogP contribution in [0.2, 0.25) is 0 Å². The fourth-order valence-electron chi connectivity index (χ4n) is 1.18. The highest BCUT2D eigenvalue weighted by Crippen LogP contribution is 1.98. The van der Waals surface area contributed by atoms with Gasteiger partial charge >= 0.3 is 0 Å². The van der Waals surface area contributed by atoms with Gasteiger partial charge in [0.1, 0.15) is 5.69 Å². The molecule has 6 heteroatoms. The summed E-state index contributed by atoms with van der Waals surface area (Å²) >= 11 is 0. The average molecular weight is 207 g/mol. The summed E-state index contributed by atoms with van der Waals surface area (Å²) in [5.41, 5.74) is 8.65. The van der Waals surface area contributed by atoms with Crippen molar-refractivity contribution in [3.05, 3.63) is 34.5 Å². The molecule has 6 nitrogen and oxygen atoms in total. The Morgan fingerprint density at radius 2 is 2.53 bits per heavy atom. The summed E-state index contributed by atoms with van der Waals surface area (Å²) in [6.07, 6.45) is 2.47. The first kappa shape index (κ1) is 11.1. The number of carbonyl (C=O) groups excluding carboxylic acids is 1. The summed E-state index contributed by atoms with van der Waals surface area (Å²) in [5.74, 6) is -0.108. The van der Waals surface area contributed by atoms with E-state index in [1.165, 1.54) is 0 Å². The van der Waals surface area contributed by atoms with Crippen molar-refractivity contribution in [2.24, 2.45) is 12.2 Å². The minimum Gasteiger partial charge on any atom is -0.351 e. The van der Waals surface area contributed by atoms with Gasteiger partial charge in [-0.3, -0.25) is 4.79 Å². The highest BCUT2D eigenvalue weighted by atomic mass is 16.1. The van der Waals surface area contributed by atoms with Crippen molar-refractivity contribution in [3.8, 4) is 0 Å². The molecule has 0 radical (unpaired) electrons. The zero-order valence-electron chi connectivity index (χ0n) is 8.55. The Labute approximate surface area is 87.5 Å². The van der Waals surface area contributed by atoms with Crippen molar-refractivity contribution in [2.75, 3.05) is 13.1 Å². The highest BCUT2D eigenvalue weighted by molar-refractivity contribution is 5.92. The fourth-order valence-corrected chi connectivity index (χ4v) is 1.18. The lowest BCUT2D eigenvalue weighted by molar-refractivity contribution is 0.0945. The molecule has 0 saturated heterocycles. The summed E-state index contributed by atoms with van der Waals surface area (Å²) in [6.45, 7) is 0.924. The van der Waals surface area contributed by atoms with E-state index in [4.69, 9.17) is 5.53 Å². The Morgan fingerprint density at radius 3 is 3.13 bits per heavy atom. The summed E-state index contributed by atoms with van der Waals surface area (Å²) in [7, 11) is 1.81. The van der Waals surface area contributed by atoms with Crippen molar-refractivity contribution in [2.45, 2.75) is 6.42 Å². The molecule has 0 spiro atoms. The number of hydrogen-bond acceptors (Lipinski definition) is 2. The molecule has 0 aliphatic heterocycles. The fraction of sp³-hybridized carbons (Fsp3) is 0.444. The van der Waals surface area contributed by atoms with Gasteiger partial charge in [0.25, 0.3) is 5.91 Å². The first-order chi connectivity index (χ1) is 7.25. The molecule has 1 aromatic rings. The number of amides is 1. The molecule has 80 valence electrons. The van der Waals surface area contributed by atoms with Gasteiger partial charge in [0.15, 0.2) is 0 Å². The summed E-state index contributed by atoms with van der Waals surface area (Å²) in [4.78, 5) is 14.1. The molecule has 1 aromatic heterocycles. The molecular weight excluding hydrogens is 194 g/mol. The van der Waals surface area contributed by atoms with Gasteiger partial charge in [-0.25, -0.2) is 0 Å². The highest BCUT2D eigenvalue weighted by Gasteiger charge is 2.06. The number of aryl methyl sites for hydroxylation is 1. The Balaban J connectivity index is 2.31. The van der Waals surface area contributed by atoms with E-state index in [2.05, 4.69) is 15.3 Å². The maximum atomic E-state index is 11.5. The van der Waals surface area contributed by atoms with E-state index in [-0.39, 0.29) is 5.91 Å². The Morgan fingerprint density at radius 1 is 1.73 bits per heavy atom. The first-order valence-electron chi connectivity index (χ1n) is 4.66. The van der Waals surface area contributed by atoms with Gasteiger partial charge < -0.3 is 9.88 Å². The van der Waals surface area contributed by atoms with E-state index in [9.17, 15) is 4.79 Å². The molecule has 0 saturated carbocycles. The molecule has 0 aliphatic carbocycles. The normalized spacial score (nSPS) is 9.40. The van der Waals surface area contributed by atoms with Gasteiger partial charge in [0.05, 0.1) is 0 Å². The molecular formula is C9H13N5O. The largest absolute Gasteiger partial charge is 0.351 e. The molecule has 0 atom stereocenters. The van der Waals surface area contributed by atoms with Crippen LogP contribution >= 0.6 is 0 Å². The summed E-state index contributed by atoms with van der Waals surface area (Å²) < 4.78 is 1.75. The van der Waals surface area contributed by atoms with Crippen LogP contribution in [-0.2, 0) is 7.05 Å². The van der Waals surface area contributed by atoms with Crippen LogP contribution in [0.15, 0.2) is 23.4 Å². The minimum atomic E-state index is -0.108. The van der Waals surface area contributed by atoms with Gasteiger partial charge in [-0.05, 0) is 24.1 Å². The maximum absolute atomic E-state index is 11.5. The van der Waals surface area contributed by atoms with E-state index < -0.39 is 0 Å². The minimum absolute atomic E-state index is 0.108. The molecule has 15 heavy (non-hydrogen) atoms. The van der Waals surface area contributed by atoms with Crippen molar-refractivity contribution in [1.29, 1.82) is 0 Å². The quantitative estimate of drug-likeness (QED) is 0.337. The van der Waals surface area contributed by atoms with Gasteiger partial charge in [0.2, 0.25) is 0 Å². The number of aromatic nitrogens is 1. The lowest BCUT2D eigenvalue weighted by Gasteiger charge is -2.04. The van der Waals surface area contributed by atoms with Gasteiger partial charge in [-0.1, -0.05) is 5.11 Å². The number of azide groups is 1. The maximum Gasteiger partial charge on any atom is 0.267 e. The molecule has 0 unspecified atom stereocenters. The van der Waals surface area contributed by atoms with Crippen LogP contribution in [0.4, 0.5) is 0 Å². The van der Waals surface area contributed by atoms with Crippen LogP contribution in [0, 0.1) is 0 Å². The first-order valence-corrected chi connectivity index (χ1v) is 4.66. The zero-order valence-corrected chi connectivity index (χ0v) is 8.55.